The first kappa shape index (κ1) is 13.0. The molecule has 0 amide bonds. The number of carbonyl (C=O) groups excluding carboxylic acids is 1. The van der Waals surface area contributed by atoms with Crippen LogP contribution in [0.3, 0.4) is 0 Å². The Morgan fingerprint density at radius 2 is 1.88 bits per heavy atom. The van der Waals surface area contributed by atoms with Gasteiger partial charge in [-0.2, -0.15) is 0 Å². The van der Waals surface area contributed by atoms with Gasteiger partial charge >= 0.3 is 11.5 Å². The van der Waals surface area contributed by atoms with Crippen molar-refractivity contribution in [2.45, 2.75) is 63.8 Å². The average Bonchev–Trinajstić information content (AvgIpc) is 3.08. The molecule has 1 aliphatic rings. The molecular weight excluding hydrogens is 202 g/mol. The number of hydrogen-bond donors (Lipinski definition) is 0. The van der Waals surface area contributed by atoms with Crippen molar-refractivity contribution in [3.05, 3.63) is 11.4 Å². The normalized spacial score (nSPS) is 16.5. The number of hydrogen-bond acceptors (Lipinski definition) is 2. The monoisotopic (exact) mass is 223 g/mol. The van der Waals surface area contributed by atoms with E-state index in [2.05, 4.69) is 11.8 Å². The molecule has 3 nitrogen and oxygen atoms in total. The Morgan fingerprint density at radius 3 is 2.44 bits per heavy atom. The van der Waals surface area contributed by atoms with Gasteiger partial charge in [-0.25, -0.2) is 11.4 Å². The van der Waals surface area contributed by atoms with Gasteiger partial charge in [0.15, 0.2) is 0 Å². The van der Waals surface area contributed by atoms with E-state index in [1.54, 1.807) is 0 Å². The van der Waals surface area contributed by atoms with Gasteiger partial charge in [0.2, 0.25) is 0 Å². The van der Waals surface area contributed by atoms with E-state index >= 15 is 0 Å². The molecule has 16 heavy (non-hydrogen) atoms. The summed E-state index contributed by atoms with van der Waals surface area (Å²) >= 11 is 0. The lowest BCUT2D eigenvalue weighted by atomic mass is 10.1. The van der Waals surface area contributed by atoms with E-state index in [0.29, 0.717) is 19.4 Å². The molecule has 0 aromatic rings. The molecule has 0 atom stereocenters. The molecule has 0 aliphatic heterocycles. The summed E-state index contributed by atoms with van der Waals surface area (Å²) in [5, 5.41) is 0. The smallest absolute Gasteiger partial charge is 0.393 e. The number of unbranched alkanes of at least 4 members (excludes halogenated alkanes) is 5. The van der Waals surface area contributed by atoms with Crippen LogP contribution in [0.1, 0.15) is 58.3 Å². The molecule has 0 radical (unpaired) electrons. The zero-order chi connectivity index (χ0) is 11.9. The third kappa shape index (κ3) is 3.84. The van der Waals surface area contributed by atoms with Gasteiger partial charge in [0.1, 0.15) is 0 Å². The number of nitrogens with zero attached hydrogens (tertiary/aromatic N) is 1. The van der Waals surface area contributed by atoms with E-state index in [1.165, 1.54) is 25.7 Å². The molecule has 1 fully saturated rings. The molecule has 0 unspecified atom stereocenters. The average molecular weight is 223 g/mol. The minimum atomic E-state index is -0.776. The van der Waals surface area contributed by atoms with E-state index in [-0.39, 0.29) is 5.97 Å². The molecule has 90 valence electrons. The summed E-state index contributed by atoms with van der Waals surface area (Å²) in [5.41, 5.74) is -0.776. The van der Waals surface area contributed by atoms with E-state index < -0.39 is 5.54 Å². The zero-order valence-corrected chi connectivity index (χ0v) is 10.1. The lowest BCUT2D eigenvalue weighted by Crippen LogP contribution is -2.21. The van der Waals surface area contributed by atoms with E-state index in [1.807, 2.05) is 0 Å². The Balaban J connectivity index is 1.96. The van der Waals surface area contributed by atoms with E-state index in [9.17, 15) is 4.79 Å². The summed E-state index contributed by atoms with van der Waals surface area (Å²) in [6.45, 7) is 9.60. The van der Waals surface area contributed by atoms with Crippen LogP contribution < -0.4 is 0 Å². The second-order valence-electron chi connectivity index (χ2n) is 4.55. The van der Waals surface area contributed by atoms with Crippen LogP contribution in [0.5, 0.6) is 0 Å². The van der Waals surface area contributed by atoms with Gasteiger partial charge in [0, 0.05) is 12.8 Å². The summed E-state index contributed by atoms with van der Waals surface area (Å²) in [6, 6.07) is 0. The van der Waals surface area contributed by atoms with Crippen molar-refractivity contribution < 1.29 is 9.53 Å². The fourth-order valence-corrected chi connectivity index (χ4v) is 1.66. The van der Waals surface area contributed by atoms with Crippen LogP contribution in [0.2, 0.25) is 0 Å². The van der Waals surface area contributed by atoms with E-state index in [4.69, 9.17) is 11.3 Å². The number of esters is 1. The lowest BCUT2D eigenvalue weighted by Gasteiger charge is -2.05. The molecule has 0 spiro atoms. The van der Waals surface area contributed by atoms with Crippen molar-refractivity contribution in [3.8, 4) is 0 Å². The third-order valence-corrected chi connectivity index (χ3v) is 3.05. The van der Waals surface area contributed by atoms with Crippen LogP contribution in [0, 0.1) is 6.57 Å². The largest absolute Gasteiger partial charge is 0.460 e. The minimum Gasteiger partial charge on any atom is -0.460 e. The fourth-order valence-electron chi connectivity index (χ4n) is 1.66. The fraction of sp³-hybridized carbons (Fsp3) is 0.846. The first-order chi connectivity index (χ1) is 7.75. The first-order valence-corrected chi connectivity index (χ1v) is 6.31. The molecule has 1 rings (SSSR count). The molecule has 0 saturated heterocycles. The van der Waals surface area contributed by atoms with Gasteiger partial charge in [-0.15, -0.1) is 0 Å². The molecular formula is C13H21NO2. The van der Waals surface area contributed by atoms with E-state index in [0.717, 1.165) is 12.8 Å². The second-order valence-corrected chi connectivity index (χ2v) is 4.55. The molecule has 0 N–H and O–H groups in total. The Kier molecular flexibility index (Phi) is 5.31. The Bertz CT molecular complexity index is 264. The SMILES string of the molecule is [C-]#[N+]C1(C(=O)OCCCCCCCC)CC1. The highest BCUT2D eigenvalue weighted by atomic mass is 16.5. The predicted molar refractivity (Wildman–Crippen MR) is 62.9 cm³/mol. The second kappa shape index (κ2) is 6.52. The van der Waals surface area contributed by atoms with Crippen molar-refractivity contribution in [1.82, 2.24) is 0 Å². The predicted octanol–water partition coefficient (Wildman–Crippen LogP) is 3.34. The summed E-state index contributed by atoms with van der Waals surface area (Å²) in [7, 11) is 0. The highest BCUT2D eigenvalue weighted by Gasteiger charge is 2.60. The minimum absolute atomic E-state index is 0.295. The van der Waals surface area contributed by atoms with Crippen LogP contribution in [-0.2, 0) is 9.53 Å². The summed E-state index contributed by atoms with van der Waals surface area (Å²) in [4.78, 5) is 14.8. The molecule has 1 aliphatic carbocycles. The molecule has 3 heteroatoms. The van der Waals surface area contributed by atoms with Gasteiger partial charge in [-0.05, 0) is 6.42 Å². The van der Waals surface area contributed by atoms with Crippen molar-refractivity contribution >= 4 is 5.97 Å². The van der Waals surface area contributed by atoms with Gasteiger partial charge in [0.25, 0.3) is 0 Å². The number of carbonyl (C=O) groups is 1. The molecule has 0 aromatic carbocycles. The van der Waals surface area contributed by atoms with Crippen molar-refractivity contribution in [2.24, 2.45) is 0 Å². The highest BCUT2D eigenvalue weighted by molar-refractivity contribution is 5.86. The zero-order valence-electron chi connectivity index (χ0n) is 10.1. The lowest BCUT2D eigenvalue weighted by molar-refractivity contribution is -0.145. The summed E-state index contributed by atoms with van der Waals surface area (Å²) in [6.07, 6.45) is 8.47. The molecule has 1 saturated carbocycles. The van der Waals surface area contributed by atoms with Crippen LogP contribution in [0.4, 0.5) is 0 Å². The number of ether oxygens (including phenoxy) is 1. The van der Waals surface area contributed by atoms with Gasteiger partial charge in [0.05, 0.1) is 6.61 Å². The number of rotatable bonds is 8. The third-order valence-electron chi connectivity index (χ3n) is 3.05. The van der Waals surface area contributed by atoms with Crippen molar-refractivity contribution in [3.63, 3.8) is 0 Å². The molecule has 0 bridgehead atoms. The van der Waals surface area contributed by atoms with Crippen molar-refractivity contribution in [2.75, 3.05) is 6.61 Å². The summed E-state index contributed by atoms with van der Waals surface area (Å²) < 4.78 is 5.11. The molecule has 0 aromatic heterocycles. The standard InChI is InChI=1S/C13H21NO2/c1-3-4-5-6-7-8-11-16-12(15)13(14-2)9-10-13/h3-11H2,1H3. The maximum atomic E-state index is 11.5. The van der Waals surface area contributed by atoms with Crippen LogP contribution in [0.15, 0.2) is 0 Å². The first-order valence-electron chi connectivity index (χ1n) is 6.31. The van der Waals surface area contributed by atoms with Gasteiger partial charge in [-0.3, -0.25) is 4.85 Å². The van der Waals surface area contributed by atoms with Gasteiger partial charge in [-0.1, -0.05) is 39.0 Å². The topological polar surface area (TPSA) is 30.7 Å². The quantitative estimate of drug-likeness (QED) is 0.359. The van der Waals surface area contributed by atoms with Crippen molar-refractivity contribution in [1.29, 1.82) is 0 Å². The Labute approximate surface area is 98.0 Å². The summed E-state index contributed by atoms with van der Waals surface area (Å²) in [5.74, 6) is -0.295. The van der Waals surface area contributed by atoms with Crippen LogP contribution in [-0.4, -0.2) is 18.1 Å². The molecule has 0 heterocycles. The Morgan fingerprint density at radius 1 is 1.25 bits per heavy atom. The highest BCUT2D eigenvalue weighted by Crippen LogP contribution is 2.40. The van der Waals surface area contributed by atoms with Crippen LogP contribution in [0.25, 0.3) is 4.85 Å². The van der Waals surface area contributed by atoms with Gasteiger partial charge < -0.3 is 4.74 Å². The maximum absolute atomic E-state index is 11.5. The Hall–Kier alpha value is -1.04. The van der Waals surface area contributed by atoms with Crippen LogP contribution >= 0.6 is 0 Å². The maximum Gasteiger partial charge on any atom is 0.393 e.